The molecule has 2 heteroatoms. The van der Waals surface area contributed by atoms with Crippen molar-refractivity contribution in [2.24, 2.45) is 5.92 Å². The SMILES string of the molecule is CC(C)C(C)(O)c1ccc(Br)cc1. The highest BCUT2D eigenvalue weighted by Crippen LogP contribution is 2.29. The van der Waals surface area contributed by atoms with Gasteiger partial charge in [-0.2, -0.15) is 0 Å². The quantitative estimate of drug-likeness (QED) is 0.844. The second kappa shape index (κ2) is 3.81. The minimum atomic E-state index is -0.735. The molecule has 0 aliphatic rings. The van der Waals surface area contributed by atoms with Crippen LogP contribution in [0.4, 0.5) is 0 Å². The maximum absolute atomic E-state index is 10.1. The lowest BCUT2D eigenvalue weighted by atomic mass is 9.85. The van der Waals surface area contributed by atoms with Crippen LogP contribution in [0.15, 0.2) is 28.7 Å². The summed E-state index contributed by atoms with van der Waals surface area (Å²) in [7, 11) is 0. The fraction of sp³-hybridized carbons (Fsp3) is 0.455. The van der Waals surface area contributed by atoms with E-state index >= 15 is 0 Å². The van der Waals surface area contributed by atoms with Crippen molar-refractivity contribution < 1.29 is 5.11 Å². The third kappa shape index (κ3) is 2.32. The van der Waals surface area contributed by atoms with Gasteiger partial charge in [-0.15, -0.1) is 0 Å². The highest BCUT2D eigenvalue weighted by molar-refractivity contribution is 9.10. The minimum absolute atomic E-state index is 0.216. The van der Waals surface area contributed by atoms with Gasteiger partial charge < -0.3 is 5.11 Å². The lowest BCUT2D eigenvalue weighted by Crippen LogP contribution is -2.27. The van der Waals surface area contributed by atoms with Gasteiger partial charge in [0.15, 0.2) is 0 Å². The summed E-state index contributed by atoms with van der Waals surface area (Å²) < 4.78 is 1.04. The van der Waals surface area contributed by atoms with Crippen molar-refractivity contribution in [2.75, 3.05) is 0 Å². The van der Waals surface area contributed by atoms with E-state index < -0.39 is 5.60 Å². The van der Waals surface area contributed by atoms with Gasteiger partial charge in [-0.3, -0.25) is 0 Å². The molecule has 1 rings (SSSR count). The van der Waals surface area contributed by atoms with E-state index in [9.17, 15) is 5.11 Å². The van der Waals surface area contributed by atoms with E-state index in [1.165, 1.54) is 0 Å². The highest BCUT2D eigenvalue weighted by atomic mass is 79.9. The van der Waals surface area contributed by atoms with Gasteiger partial charge in [0.2, 0.25) is 0 Å². The van der Waals surface area contributed by atoms with Crippen molar-refractivity contribution in [1.82, 2.24) is 0 Å². The van der Waals surface area contributed by atoms with Crippen molar-refractivity contribution in [3.05, 3.63) is 34.3 Å². The molecule has 0 amide bonds. The summed E-state index contributed by atoms with van der Waals surface area (Å²) >= 11 is 3.37. The second-order valence-electron chi connectivity index (χ2n) is 3.81. The van der Waals surface area contributed by atoms with E-state index in [4.69, 9.17) is 0 Å². The van der Waals surface area contributed by atoms with Gasteiger partial charge in [0.1, 0.15) is 0 Å². The molecule has 1 atom stereocenters. The topological polar surface area (TPSA) is 20.2 Å². The van der Waals surface area contributed by atoms with Crippen LogP contribution in [0.5, 0.6) is 0 Å². The van der Waals surface area contributed by atoms with E-state index in [1.54, 1.807) is 0 Å². The third-order valence-electron chi connectivity index (χ3n) is 2.55. The summed E-state index contributed by atoms with van der Waals surface area (Å²) in [5, 5.41) is 10.1. The molecule has 1 nitrogen and oxygen atoms in total. The van der Waals surface area contributed by atoms with Crippen LogP contribution in [0.3, 0.4) is 0 Å². The summed E-state index contributed by atoms with van der Waals surface area (Å²) in [6.45, 7) is 5.88. The Hall–Kier alpha value is -0.340. The van der Waals surface area contributed by atoms with Crippen LogP contribution in [-0.4, -0.2) is 5.11 Å². The maximum Gasteiger partial charge on any atom is 0.0891 e. The molecule has 1 unspecified atom stereocenters. The zero-order valence-electron chi connectivity index (χ0n) is 8.21. The number of rotatable bonds is 2. The Balaban J connectivity index is 3.01. The standard InChI is InChI=1S/C11H15BrO/c1-8(2)11(3,13)9-4-6-10(12)7-5-9/h4-8,13H,1-3H3. The van der Waals surface area contributed by atoms with Crippen molar-refractivity contribution in [2.45, 2.75) is 26.4 Å². The summed E-state index contributed by atoms with van der Waals surface area (Å²) in [4.78, 5) is 0. The van der Waals surface area contributed by atoms with E-state index in [2.05, 4.69) is 15.9 Å². The van der Waals surface area contributed by atoms with Gasteiger partial charge in [-0.05, 0) is 30.5 Å². The molecule has 0 heterocycles. The van der Waals surface area contributed by atoms with Crippen molar-refractivity contribution in [1.29, 1.82) is 0 Å². The van der Waals surface area contributed by atoms with Crippen LogP contribution in [0.25, 0.3) is 0 Å². The molecule has 0 saturated carbocycles. The van der Waals surface area contributed by atoms with Gasteiger partial charge in [-0.1, -0.05) is 41.9 Å². The number of hydrogen-bond donors (Lipinski definition) is 1. The second-order valence-corrected chi connectivity index (χ2v) is 4.72. The van der Waals surface area contributed by atoms with Gasteiger partial charge in [-0.25, -0.2) is 0 Å². The number of halogens is 1. The summed E-state index contributed by atoms with van der Waals surface area (Å²) in [5.41, 5.74) is 0.228. The fourth-order valence-corrected chi connectivity index (χ4v) is 1.38. The molecular weight excluding hydrogens is 228 g/mol. The summed E-state index contributed by atoms with van der Waals surface area (Å²) in [6.07, 6.45) is 0. The predicted molar refractivity (Wildman–Crippen MR) is 58.6 cm³/mol. The smallest absolute Gasteiger partial charge is 0.0891 e. The lowest BCUT2D eigenvalue weighted by molar-refractivity contribution is 0.00904. The van der Waals surface area contributed by atoms with Crippen LogP contribution in [-0.2, 0) is 5.60 Å². The molecule has 0 fully saturated rings. The maximum atomic E-state index is 10.1. The predicted octanol–water partition coefficient (Wildman–Crippen LogP) is 3.31. The molecule has 72 valence electrons. The average Bonchev–Trinajstić information content (AvgIpc) is 2.04. The van der Waals surface area contributed by atoms with Gasteiger partial charge in [0.25, 0.3) is 0 Å². The van der Waals surface area contributed by atoms with Crippen LogP contribution >= 0.6 is 15.9 Å². The average molecular weight is 243 g/mol. The normalized spacial score (nSPS) is 15.8. The first kappa shape index (κ1) is 10.7. The summed E-state index contributed by atoms with van der Waals surface area (Å²) in [6, 6.07) is 7.80. The Morgan fingerprint density at radius 1 is 1.23 bits per heavy atom. The van der Waals surface area contributed by atoms with Crippen molar-refractivity contribution >= 4 is 15.9 Å². The van der Waals surface area contributed by atoms with Crippen LogP contribution in [0, 0.1) is 5.92 Å². The molecule has 0 bridgehead atoms. The Labute approximate surface area is 87.9 Å². The first-order valence-electron chi connectivity index (χ1n) is 4.43. The lowest BCUT2D eigenvalue weighted by Gasteiger charge is -2.28. The van der Waals surface area contributed by atoms with E-state index in [0.29, 0.717) is 0 Å². The number of aliphatic hydroxyl groups is 1. The van der Waals surface area contributed by atoms with Crippen molar-refractivity contribution in [3.8, 4) is 0 Å². The van der Waals surface area contributed by atoms with Crippen molar-refractivity contribution in [3.63, 3.8) is 0 Å². The Bertz CT molecular complexity index is 275. The monoisotopic (exact) mass is 242 g/mol. The molecule has 0 radical (unpaired) electrons. The Kier molecular flexibility index (Phi) is 3.14. The van der Waals surface area contributed by atoms with E-state index in [-0.39, 0.29) is 5.92 Å². The molecule has 0 spiro atoms. The van der Waals surface area contributed by atoms with Gasteiger partial charge in [0, 0.05) is 4.47 Å². The van der Waals surface area contributed by atoms with E-state index in [0.717, 1.165) is 10.0 Å². The van der Waals surface area contributed by atoms with Gasteiger partial charge in [0.05, 0.1) is 5.60 Å². The largest absolute Gasteiger partial charge is 0.385 e. The van der Waals surface area contributed by atoms with E-state index in [1.807, 2.05) is 45.0 Å². The molecule has 1 aromatic rings. The third-order valence-corrected chi connectivity index (χ3v) is 3.08. The molecule has 0 saturated heterocycles. The Morgan fingerprint density at radius 3 is 2.08 bits per heavy atom. The zero-order valence-corrected chi connectivity index (χ0v) is 9.80. The van der Waals surface area contributed by atoms with Crippen LogP contribution in [0.2, 0.25) is 0 Å². The molecular formula is C11H15BrO. The number of hydrogen-bond acceptors (Lipinski definition) is 1. The molecule has 1 aromatic carbocycles. The van der Waals surface area contributed by atoms with Crippen LogP contribution in [0.1, 0.15) is 26.3 Å². The molecule has 0 aliphatic heterocycles. The molecule has 13 heavy (non-hydrogen) atoms. The Morgan fingerprint density at radius 2 is 1.69 bits per heavy atom. The summed E-state index contributed by atoms with van der Waals surface area (Å²) in [5.74, 6) is 0.216. The van der Waals surface area contributed by atoms with Gasteiger partial charge >= 0.3 is 0 Å². The van der Waals surface area contributed by atoms with Crippen LogP contribution < -0.4 is 0 Å². The molecule has 0 aromatic heterocycles. The minimum Gasteiger partial charge on any atom is -0.385 e. The highest BCUT2D eigenvalue weighted by Gasteiger charge is 2.26. The fourth-order valence-electron chi connectivity index (χ4n) is 1.12. The zero-order chi connectivity index (χ0) is 10.1. The first-order chi connectivity index (χ1) is 5.94. The molecule has 1 N–H and O–H groups in total. The first-order valence-corrected chi connectivity index (χ1v) is 5.22. The molecule has 0 aliphatic carbocycles. The number of benzene rings is 1.